The number of carbonyl (C=O) groups excluding carboxylic acids is 1. The highest BCUT2D eigenvalue weighted by molar-refractivity contribution is 6.40. The van der Waals surface area contributed by atoms with Crippen LogP contribution in [0.1, 0.15) is 19.4 Å². The van der Waals surface area contributed by atoms with Crippen molar-refractivity contribution >= 4 is 40.7 Å². The molecule has 0 spiro atoms. The van der Waals surface area contributed by atoms with Gasteiger partial charge in [0.2, 0.25) is 0 Å². The number of carbonyl (C=O) groups is 1. The van der Waals surface area contributed by atoms with Gasteiger partial charge in [0.05, 0.1) is 21.4 Å². The molecule has 3 rings (SSSR count). The molecule has 3 aromatic rings. The van der Waals surface area contributed by atoms with Crippen molar-refractivity contribution < 1.29 is 4.79 Å². The number of para-hydroxylation sites is 1. The Labute approximate surface area is 169 Å². The predicted molar refractivity (Wildman–Crippen MR) is 114 cm³/mol. The molecule has 0 aliphatic carbocycles. The quantitative estimate of drug-likeness (QED) is 0.536. The van der Waals surface area contributed by atoms with E-state index in [0.29, 0.717) is 27.2 Å². The van der Waals surface area contributed by atoms with E-state index in [1.54, 1.807) is 30.3 Å². The summed E-state index contributed by atoms with van der Waals surface area (Å²) in [5.74, 6) is 0.348. The highest BCUT2D eigenvalue weighted by Gasteiger charge is 2.22. The number of pyridine rings is 1. The molecule has 27 heavy (non-hydrogen) atoms. The second kappa shape index (κ2) is 9.40. The summed E-state index contributed by atoms with van der Waals surface area (Å²) < 4.78 is 0. The molecule has 140 valence electrons. The van der Waals surface area contributed by atoms with Gasteiger partial charge in [-0.1, -0.05) is 79.0 Å². The Balaban J connectivity index is 0.00000126. The summed E-state index contributed by atoms with van der Waals surface area (Å²) in [4.78, 5) is 17.9. The molecule has 2 N–H and O–H groups in total. The highest BCUT2D eigenvalue weighted by atomic mass is 35.5. The van der Waals surface area contributed by atoms with Gasteiger partial charge in [-0.15, -0.1) is 0 Å². The number of nitrogens with two attached hydrogens (primary N) is 1. The zero-order chi connectivity index (χ0) is 20.0. The van der Waals surface area contributed by atoms with Crippen molar-refractivity contribution in [1.29, 1.82) is 0 Å². The number of hydrogen-bond acceptors (Lipinski definition) is 2. The van der Waals surface area contributed by atoms with Crippen LogP contribution in [0.3, 0.4) is 0 Å². The minimum absolute atomic E-state index is 0.312. The molecule has 0 saturated heterocycles. The van der Waals surface area contributed by atoms with Gasteiger partial charge in [0.25, 0.3) is 0 Å². The van der Waals surface area contributed by atoms with E-state index in [1.807, 2.05) is 51.1 Å². The minimum Gasteiger partial charge on any atom is -0.351 e. The standard InChI is InChI=1S/C19H15Cl2N3O.C2H6/c1-12-8-10-13(11-9-12)16-6-3-7-17(23-16)24(19(22)25)18-14(20)4-2-5-15(18)21;1-2/h2-11H,1H3,(H2,22,25);1-2H3. The van der Waals surface area contributed by atoms with Crippen LogP contribution in [0, 0.1) is 6.92 Å². The van der Waals surface area contributed by atoms with Gasteiger partial charge >= 0.3 is 6.03 Å². The summed E-state index contributed by atoms with van der Waals surface area (Å²) in [5, 5.41) is 0.627. The van der Waals surface area contributed by atoms with Gasteiger partial charge in [-0.25, -0.2) is 14.7 Å². The first kappa shape index (κ1) is 20.7. The van der Waals surface area contributed by atoms with E-state index < -0.39 is 6.03 Å². The number of aromatic nitrogens is 1. The molecular weight excluding hydrogens is 381 g/mol. The van der Waals surface area contributed by atoms with Crippen molar-refractivity contribution in [2.75, 3.05) is 4.90 Å². The van der Waals surface area contributed by atoms with Crippen molar-refractivity contribution in [2.45, 2.75) is 20.8 Å². The van der Waals surface area contributed by atoms with E-state index in [0.717, 1.165) is 11.1 Å². The average Bonchev–Trinajstić information content (AvgIpc) is 2.67. The molecular formula is C21H21Cl2N3O. The zero-order valence-corrected chi connectivity index (χ0v) is 16.9. The van der Waals surface area contributed by atoms with Gasteiger partial charge in [0, 0.05) is 5.56 Å². The molecule has 0 fully saturated rings. The fourth-order valence-corrected chi connectivity index (χ4v) is 3.04. The van der Waals surface area contributed by atoms with Crippen LogP contribution in [0.5, 0.6) is 0 Å². The number of anilines is 2. The average molecular weight is 402 g/mol. The topological polar surface area (TPSA) is 59.2 Å². The van der Waals surface area contributed by atoms with Gasteiger partial charge in [0.1, 0.15) is 5.82 Å². The molecule has 0 aliphatic heterocycles. The number of urea groups is 1. The maximum atomic E-state index is 12.1. The van der Waals surface area contributed by atoms with Gasteiger partial charge in [-0.3, -0.25) is 0 Å². The second-order valence-corrected chi connectivity index (χ2v) is 6.31. The fourth-order valence-electron chi connectivity index (χ4n) is 2.47. The molecule has 4 nitrogen and oxygen atoms in total. The molecule has 2 aromatic carbocycles. The molecule has 0 atom stereocenters. The lowest BCUT2D eigenvalue weighted by Crippen LogP contribution is -2.32. The van der Waals surface area contributed by atoms with Crippen molar-refractivity contribution in [3.05, 3.63) is 76.3 Å². The number of benzene rings is 2. The normalized spacial score (nSPS) is 9.96. The van der Waals surface area contributed by atoms with E-state index in [2.05, 4.69) is 4.98 Å². The van der Waals surface area contributed by atoms with E-state index in [9.17, 15) is 4.79 Å². The first-order chi connectivity index (χ1) is 13.0. The van der Waals surface area contributed by atoms with Crippen LogP contribution < -0.4 is 10.6 Å². The first-order valence-corrected chi connectivity index (χ1v) is 9.30. The first-order valence-electron chi connectivity index (χ1n) is 8.55. The molecule has 0 aliphatic rings. The highest BCUT2D eigenvalue weighted by Crippen LogP contribution is 2.37. The third-order valence-electron chi connectivity index (χ3n) is 3.69. The summed E-state index contributed by atoms with van der Waals surface area (Å²) in [5.41, 5.74) is 8.69. The number of primary amides is 1. The Kier molecular flexibility index (Phi) is 7.22. The van der Waals surface area contributed by atoms with Gasteiger partial charge < -0.3 is 5.73 Å². The number of rotatable bonds is 3. The van der Waals surface area contributed by atoms with Crippen molar-refractivity contribution in [2.24, 2.45) is 5.73 Å². The third-order valence-corrected chi connectivity index (χ3v) is 4.30. The number of aryl methyl sites for hydroxylation is 1. The van der Waals surface area contributed by atoms with Crippen LogP contribution in [-0.4, -0.2) is 11.0 Å². The largest absolute Gasteiger partial charge is 0.351 e. The second-order valence-electron chi connectivity index (χ2n) is 5.49. The van der Waals surface area contributed by atoms with Crippen molar-refractivity contribution in [3.8, 4) is 11.3 Å². The smallest absolute Gasteiger partial charge is 0.325 e. The van der Waals surface area contributed by atoms with Crippen LogP contribution in [0.15, 0.2) is 60.7 Å². The Hall–Kier alpha value is -2.56. The third kappa shape index (κ3) is 4.79. The fraction of sp³-hybridized carbons (Fsp3) is 0.143. The lowest BCUT2D eigenvalue weighted by molar-refractivity contribution is 0.256. The van der Waals surface area contributed by atoms with E-state index in [-0.39, 0.29) is 0 Å². The van der Waals surface area contributed by atoms with E-state index >= 15 is 0 Å². The molecule has 6 heteroatoms. The monoisotopic (exact) mass is 401 g/mol. The summed E-state index contributed by atoms with van der Waals surface area (Å²) in [6.07, 6.45) is 0. The Bertz CT molecular complexity index is 907. The molecule has 0 unspecified atom stereocenters. The summed E-state index contributed by atoms with van der Waals surface area (Å²) in [6.45, 7) is 6.02. The lowest BCUT2D eigenvalue weighted by Gasteiger charge is -2.22. The number of hydrogen-bond donors (Lipinski definition) is 1. The van der Waals surface area contributed by atoms with Crippen molar-refractivity contribution in [1.82, 2.24) is 4.98 Å². The van der Waals surface area contributed by atoms with E-state index in [4.69, 9.17) is 28.9 Å². The summed E-state index contributed by atoms with van der Waals surface area (Å²) in [7, 11) is 0. The lowest BCUT2D eigenvalue weighted by atomic mass is 10.1. The summed E-state index contributed by atoms with van der Waals surface area (Å²) >= 11 is 12.5. The van der Waals surface area contributed by atoms with Gasteiger partial charge in [-0.05, 0) is 31.2 Å². The van der Waals surface area contributed by atoms with Crippen LogP contribution in [0.4, 0.5) is 16.3 Å². The molecule has 1 aromatic heterocycles. The maximum absolute atomic E-state index is 12.1. The SMILES string of the molecule is CC.Cc1ccc(-c2cccc(N(C(N)=O)c3c(Cl)cccc3Cl)n2)cc1. The molecule has 0 bridgehead atoms. The predicted octanol–water partition coefficient (Wildman–Crippen LogP) is 6.61. The molecule has 0 radical (unpaired) electrons. The van der Waals surface area contributed by atoms with Crippen LogP contribution in [-0.2, 0) is 0 Å². The van der Waals surface area contributed by atoms with Crippen LogP contribution in [0.25, 0.3) is 11.3 Å². The zero-order valence-electron chi connectivity index (χ0n) is 15.4. The molecule has 2 amide bonds. The summed E-state index contributed by atoms with van der Waals surface area (Å²) in [6, 6.07) is 17.6. The molecule has 1 heterocycles. The Morgan fingerprint density at radius 1 is 0.926 bits per heavy atom. The number of amides is 2. The van der Waals surface area contributed by atoms with Crippen molar-refractivity contribution in [3.63, 3.8) is 0 Å². The Morgan fingerprint density at radius 3 is 2.04 bits per heavy atom. The van der Waals surface area contributed by atoms with E-state index in [1.165, 1.54) is 4.90 Å². The number of nitrogens with zero attached hydrogens (tertiary/aromatic N) is 2. The number of halogens is 2. The molecule has 0 saturated carbocycles. The van der Waals surface area contributed by atoms with Crippen LogP contribution in [0.2, 0.25) is 10.0 Å². The van der Waals surface area contributed by atoms with Gasteiger partial charge in [-0.2, -0.15) is 0 Å². The van der Waals surface area contributed by atoms with Crippen LogP contribution >= 0.6 is 23.2 Å². The minimum atomic E-state index is -0.719. The Morgan fingerprint density at radius 2 is 1.48 bits per heavy atom. The van der Waals surface area contributed by atoms with Gasteiger partial charge in [0.15, 0.2) is 0 Å². The maximum Gasteiger partial charge on any atom is 0.325 e.